The summed E-state index contributed by atoms with van der Waals surface area (Å²) in [5.41, 5.74) is 10.1. The van der Waals surface area contributed by atoms with Crippen LogP contribution in [0.2, 0.25) is 0 Å². The van der Waals surface area contributed by atoms with Gasteiger partial charge in [-0.25, -0.2) is 0 Å². The zero-order valence-electron chi connectivity index (χ0n) is 6.62. The van der Waals surface area contributed by atoms with E-state index in [4.69, 9.17) is 11.5 Å². The first-order valence-corrected chi connectivity index (χ1v) is 5.51. The summed E-state index contributed by atoms with van der Waals surface area (Å²) in [7, 11) is 0. The number of anilines is 2. The molecule has 0 spiro atoms. The number of alkyl halides is 3. The first-order chi connectivity index (χ1) is 6.25. The molecule has 0 saturated carbocycles. The van der Waals surface area contributed by atoms with Gasteiger partial charge in [0.2, 0.25) is 0 Å². The van der Waals surface area contributed by atoms with Crippen LogP contribution in [0.15, 0.2) is 6.07 Å². The SMILES string of the molecule is Nc1cc(N)c(I)c(C(F)(F)F)c1I. The lowest BCUT2D eigenvalue weighted by atomic mass is 10.1. The normalized spacial score (nSPS) is 11.8. The smallest absolute Gasteiger partial charge is 0.398 e. The van der Waals surface area contributed by atoms with E-state index in [1.54, 1.807) is 45.2 Å². The second-order valence-electron chi connectivity index (χ2n) is 2.56. The fraction of sp³-hybridized carbons (Fsp3) is 0.143. The van der Waals surface area contributed by atoms with E-state index in [1.165, 1.54) is 6.07 Å². The molecule has 0 heterocycles. The van der Waals surface area contributed by atoms with Gasteiger partial charge in [0, 0.05) is 18.5 Å². The van der Waals surface area contributed by atoms with E-state index in [2.05, 4.69) is 0 Å². The van der Waals surface area contributed by atoms with E-state index in [0.29, 0.717) is 0 Å². The van der Waals surface area contributed by atoms with Crippen molar-refractivity contribution in [2.75, 3.05) is 11.5 Å². The maximum absolute atomic E-state index is 12.5. The summed E-state index contributed by atoms with van der Waals surface area (Å²) in [4.78, 5) is 0. The number of halogens is 5. The van der Waals surface area contributed by atoms with Crippen molar-refractivity contribution in [3.63, 3.8) is 0 Å². The fourth-order valence-corrected chi connectivity index (χ4v) is 2.91. The van der Waals surface area contributed by atoms with Crippen LogP contribution in [-0.4, -0.2) is 0 Å². The topological polar surface area (TPSA) is 52.0 Å². The molecule has 14 heavy (non-hydrogen) atoms. The molecule has 1 rings (SSSR count). The van der Waals surface area contributed by atoms with Gasteiger partial charge in [0.05, 0.1) is 5.56 Å². The Morgan fingerprint density at radius 2 is 1.36 bits per heavy atom. The minimum absolute atomic E-state index is 0.00583. The average molecular weight is 428 g/mol. The highest BCUT2D eigenvalue weighted by atomic mass is 127. The van der Waals surface area contributed by atoms with Gasteiger partial charge in [0.1, 0.15) is 0 Å². The summed E-state index contributed by atoms with van der Waals surface area (Å²) in [6, 6.07) is 1.33. The van der Waals surface area contributed by atoms with Crippen LogP contribution in [0.3, 0.4) is 0 Å². The first kappa shape index (κ1) is 12.1. The predicted octanol–water partition coefficient (Wildman–Crippen LogP) is 3.08. The molecule has 7 heteroatoms. The second-order valence-corrected chi connectivity index (χ2v) is 4.71. The van der Waals surface area contributed by atoms with Crippen molar-refractivity contribution in [3.05, 3.63) is 18.8 Å². The van der Waals surface area contributed by atoms with E-state index >= 15 is 0 Å². The molecular formula is C7H5F3I2N2. The van der Waals surface area contributed by atoms with Crippen LogP contribution in [0.5, 0.6) is 0 Å². The molecule has 4 N–H and O–H groups in total. The van der Waals surface area contributed by atoms with Crippen LogP contribution in [0.25, 0.3) is 0 Å². The molecule has 0 aliphatic rings. The highest BCUT2D eigenvalue weighted by Gasteiger charge is 2.37. The molecule has 0 radical (unpaired) electrons. The molecule has 0 fully saturated rings. The number of nitrogen functional groups attached to an aromatic ring is 2. The summed E-state index contributed by atoms with van der Waals surface area (Å²) in [5, 5.41) is 0. The molecule has 0 unspecified atom stereocenters. The Hall–Kier alpha value is 0.0700. The van der Waals surface area contributed by atoms with Crippen molar-refractivity contribution < 1.29 is 13.2 Å². The lowest BCUT2D eigenvalue weighted by Gasteiger charge is -2.14. The number of benzene rings is 1. The molecule has 0 aliphatic heterocycles. The lowest BCUT2D eigenvalue weighted by molar-refractivity contribution is -0.138. The molecule has 0 amide bonds. The Bertz CT molecular complexity index is 350. The van der Waals surface area contributed by atoms with E-state index in [-0.39, 0.29) is 18.5 Å². The summed E-state index contributed by atoms with van der Waals surface area (Å²) in [6.45, 7) is 0. The predicted molar refractivity (Wildman–Crippen MR) is 65.7 cm³/mol. The lowest BCUT2D eigenvalue weighted by Crippen LogP contribution is -2.13. The largest absolute Gasteiger partial charge is 0.418 e. The third-order valence-corrected chi connectivity index (χ3v) is 3.86. The van der Waals surface area contributed by atoms with Crippen LogP contribution in [0, 0.1) is 7.14 Å². The molecular weight excluding hydrogens is 423 g/mol. The van der Waals surface area contributed by atoms with E-state index in [9.17, 15) is 13.2 Å². The fourth-order valence-electron chi connectivity index (χ4n) is 0.928. The summed E-state index contributed by atoms with van der Waals surface area (Å²) < 4.78 is 37.6. The number of hydrogen-bond donors (Lipinski definition) is 2. The zero-order chi connectivity index (χ0) is 11.1. The second kappa shape index (κ2) is 3.91. The summed E-state index contributed by atoms with van der Waals surface area (Å²) >= 11 is 3.13. The van der Waals surface area contributed by atoms with Crippen LogP contribution in [0.4, 0.5) is 24.5 Å². The Balaban J connectivity index is 3.56. The quantitative estimate of drug-likeness (QED) is 0.494. The van der Waals surface area contributed by atoms with Gasteiger partial charge in [0.25, 0.3) is 0 Å². The molecule has 0 saturated heterocycles. The Labute approximate surface area is 105 Å². The Morgan fingerprint density at radius 3 is 1.64 bits per heavy atom. The Kier molecular flexibility index (Phi) is 3.39. The van der Waals surface area contributed by atoms with E-state index < -0.39 is 11.7 Å². The summed E-state index contributed by atoms with van der Waals surface area (Å²) in [6.07, 6.45) is -4.42. The first-order valence-electron chi connectivity index (χ1n) is 3.35. The van der Waals surface area contributed by atoms with Crippen molar-refractivity contribution in [2.45, 2.75) is 6.18 Å². The van der Waals surface area contributed by atoms with Gasteiger partial charge in [0.15, 0.2) is 0 Å². The van der Waals surface area contributed by atoms with Crippen LogP contribution in [-0.2, 0) is 6.18 Å². The van der Waals surface area contributed by atoms with Crippen molar-refractivity contribution in [1.82, 2.24) is 0 Å². The molecule has 0 atom stereocenters. The monoisotopic (exact) mass is 428 g/mol. The van der Waals surface area contributed by atoms with Crippen molar-refractivity contribution in [2.24, 2.45) is 0 Å². The Morgan fingerprint density at radius 1 is 1.00 bits per heavy atom. The molecule has 1 aromatic rings. The van der Waals surface area contributed by atoms with Gasteiger partial charge in [-0.2, -0.15) is 13.2 Å². The van der Waals surface area contributed by atoms with Crippen molar-refractivity contribution >= 4 is 56.6 Å². The third kappa shape index (κ3) is 2.18. The highest BCUT2D eigenvalue weighted by Crippen LogP contribution is 2.40. The molecule has 2 nitrogen and oxygen atoms in total. The van der Waals surface area contributed by atoms with E-state index in [0.717, 1.165) is 0 Å². The van der Waals surface area contributed by atoms with Gasteiger partial charge in [-0.05, 0) is 51.2 Å². The van der Waals surface area contributed by atoms with Gasteiger partial charge in [-0.15, -0.1) is 0 Å². The minimum Gasteiger partial charge on any atom is -0.398 e. The molecule has 0 bridgehead atoms. The van der Waals surface area contributed by atoms with Gasteiger partial charge < -0.3 is 11.5 Å². The highest BCUT2D eigenvalue weighted by molar-refractivity contribution is 14.1. The zero-order valence-corrected chi connectivity index (χ0v) is 10.9. The number of nitrogens with two attached hydrogens (primary N) is 2. The molecule has 78 valence electrons. The van der Waals surface area contributed by atoms with E-state index in [1.807, 2.05) is 0 Å². The summed E-state index contributed by atoms with van der Waals surface area (Å²) in [5.74, 6) is 0. The van der Waals surface area contributed by atoms with Gasteiger partial charge in [-0.3, -0.25) is 0 Å². The third-order valence-electron chi connectivity index (χ3n) is 1.54. The standard InChI is InChI=1S/C7H5F3I2N2/c8-7(9,10)4-5(11)2(13)1-3(14)6(4)12/h1H,13-14H2. The molecule has 0 aliphatic carbocycles. The van der Waals surface area contributed by atoms with Gasteiger partial charge >= 0.3 is 6.18 Å². The van der Waals surface area contributed by atoms with Crippen molar-refractivity contribution in [1.29, 1.82) is 0 Å². The van der Waals surface area contributed by atoms with Crippen LogP contribution < -0.4 is 11.5 Å². The maximum Gasteiger partial charge on any atom is 0.418 e. The van der Waals surface area contributed by atoms with Crippen LogP contribution in [0.1, 0.15) is 5.56 Å². The van der Waals surface area contributed by atoms with Crippen LogP contribution >= 0.6 is 45.2 Å². The number of hydrogen-bond acceptors (Lipinski definition) is 2. The molecule has 0 aromatic heterocycles. The minimum atomic E-state index is -4.42. The molecule has 1 aromatic carbocycles. The maximum atomic E-state index is 12.5. The number of rotatable bonds is 0. The average Bonchev–Trinajstić information content (AvgIpc) is 1.98. The van der Waals surface area contributed by atoms with Gasteiger partial charge in [-0.1, -0.05) is 0 Å². The van der Waals surface area contributed by atoms with Crippen molar-refractivity contribution in [3.8, 4) is 0 Å².